The zero-order valence-corrected chi connectivity index (χ0v) is 7.23. The minimum Gasteiger partial charge on any atom is -0.375 e. The van der Waals surface area contributed by atoms with Gasteiger partial charge in [0.1, 0.15) is 0 Å². The van der Waals surface area contributed by atoms with Gasteiger partial charge in [-0.3, -0.25) is 4.98 Å². The summed E-state index contributed by atoms with van der Waals surface area (Å²) >= 11 is 0. The number of hydrogen-bond acceptors (Lipinski definition) is 3. The van der Waals surface area contributed by atoms with Crippen molar-refractivity contribution in [2.45, 2.75) is 19.6 Å². The van der Waals surface area contributed by atoms with Gasteiger partial charge in [-0.05, 0) is 18.6 Å². The Morgan fingerprint density at radius 2 is 2.50 bits per heavy atom. The van der Waals surface area contributed by atoms with Crippen LogP contribution >= 0.6 is 0 Å². The van der Waals surface area contributed by atoms with Gasteiger partial charge in [0.15, 0.2) is 0 Å². The highest BCUT2D eigenvalue weighted by Crippen LogP contribution is 1.97. The van der Waals surface area contributed by atoms with Crippen LogP contribution in [-0.4, -0.2) is 17.6 Å². The first-order chi connectivity index (χ1) is 5.79. The van der Waals surface area contributed by atoms with Gasteiger partial charge < -0.3 is 10.5 Å². The normalized spacial score (nSPS) is 12.8. The molecular weight excluding hydrogens is 152 g/mol. The highest BCUT2D eigenvalue weighted by atomic mass is 16.5. The number of nitrogens with two attached hydrogens (primary N) is 1. The summed E-state index contributed by atoms with van der Waals surface area (Å²) in [4.78, 5) is 3.97. The minimum atomic E-state index is 0.0988. The molecule has 1 aromatic heterocycles. The van der Waals surface area contributed by atoms with Gasteiger partial charge in [-0.2, -0.15) is 0 Å². The van der Waals surface area contributed by atoms with Crippen LogP contribution in [0.1, 0.15) is 12.5 Å². The Balaban J connectivity index is 2.25. The molecule has 1 rings (SSSR count). The quantitative estimate of drug-likeness (QED) is 0.724. The molecule has 12 heavy (non-hydrogen) atoms. The molecule has 3 nitrogen and oxygen atoms in total. The fourth-order valence-corrected chi connectivity index (χ4v) is 0.846. The van der Waals surface area contributed by atoms with E-state index in [1.54, 1.807) is 12.4 Å². The zero-order chi connectivity index (χ0) is 8.81. The average Bonchev–Trinajstić information content (AvgIpc) is 2.05. The van der Waals surface area contributed by atoms with Crippen molar-refractivity contribution < 1.29 is 4.74 Å². The van der Waals surface area contributed by atoms with E-state index in [-0.39, 0.29) is 6.04 Å². The first-order valence-corrected chi connectivity index (χ1v) is 4.01. The van der Waals surface area contributed by atoms with Crippen LogP contribution in [0.15, 0.2) is 24.5 Å². The van der Waals surface area contributed by atoms with Crippen molar-refractivity contribution in [3.63, 3.8) is 0 Å². The minimum absolute atomic E-state index is 0.0988. The van der Waals surface area contributed by atoms with Crippen LogP contribution in [-0.2, 0) is 11.3 Å². The van der Waals surface area contributed by atoms with Crippen LogP contribution < -0.4 is 5.73 Å². The van der Waals surface area contributed by atoms with Crippen LogP contribution in [0, 0.1) is 0 Å². The molecule has 0 radical (unpaired) electrons. The smallest absolute Gasteiger partial charge is 0.0732 e. The fourth-order valence-electron chi connectivity index (χ4n) is 0.846. The molecule has 1 unspecified atom stereocenters. The second-order valence-electron chi connectivity index (χ2n) is 2.85. The molecule has 0 saturated carbocycles. The van der Waals surface area contributed by atoms with Gasteiger partial charge in [0, 0.05) is 18.4 Å². The number of hydrogen-bond donors (Lipinski definition) is 1. The third-order valence-electron chi connectivity index (χ3n) is 1.37. The maximum Gasteiger partial charge on any atom is 0.0732 e. The molecule has 0 aliphatic heterocycles. The molecule has 0 aliphatic carbocycles. The predicted molar refractivity (Wildman–Crippen MR) is 47.5 cm³/mol. The molecule has 1 atom stereocenters. The summed E-state index contributed by atoms with van der Waals surface area (Å²) in [6, 6.07) is 3.97. The summed E-state index contributed by atoms with van der Waals surface area (Å²) in [5.74, 6) is 0. The van der Waals surface area contributed by atoms with E-state index in [0.717, 1.165) is 5.56 Å². The first kappa shape index (κ1) is 9.16. The van der Waals surface area contributed by atoms with E-state index in [0.29, 0.717) is 13.2 Å². The molecular formula is C9H14N2O. The molecule has 1 heterocycles. The lowest BCUT2D eigenvalue weighted by atomic mass is 10.3. The van der Waals surface area contributed by atoms with Crippen LogP contribution in [0.5, 0.6) is 0 Å². The van der Waals surface area contributed by atoms with Gasteiger partial charge in [0.05, 0.1) is 13.2 Å². The van der Waals surface area contributed by atoms with E-state index < -0.39 is 0 Å². The molecule has 0 aliphatic rings. The lowest BCUT2D eigenvalue weighted by molar-refractivity contribution is 0.111. The number of nitrogens with zero attached hydrogens (tertiary/aromatic N) is 1. The Morgan fingerprint density at radius 1 is 1.67 bits per heavy atom. The summed E-state index contributed by atoms with van der Waals surface area (Å²) in [6.45, 7) is 3.10. The van der Waals surface area contributed by atoms with Crippen molar-refractivity contribution >= 4 is 0 Å². The Bertz CT molecular complexity index is 211. The van der Waals surface area contributed by atoms with Gasteiger partial charge in [-0.15, -0.1) is 0 Å². The summed E-state index contributed by atoms with van der Waals surface area (Å²) in [5.41, 5.74) is 6.60. The molecule has 66 valence electrons. The number of aromatic nitrogens is 1. The first-order valence-electron chi connectivity index (χ1n) is 4.01. The molecule has 0 fully saturated rings. The summed E-state index contributed by atoms with van der Waals surface area (Å²) in [7, 11) is 0. The monoisotopic (exact) mass is 166 g/mol. The van der Waals surface area contributed by atoms with E-state index in [2.05, 4.69) is 4.98 Å². The van der Waals surface area contributed by atoms with Gasteiger partial charge in [0.2, 0.25) is 0 Å². The van der Waals surface area contributed by atoms with Crippen molar-refractivity contribution in [1.82, 2.24) is 4.98 Å². The second kappa shape index (κ2) is 4.85. The number of ether oxygens (including phenoxy) is 1. The summed E-state index contributed by atoms with van der Waals surface area (Å²) in [6.07, 6.45) is 3.54. The molecule has 0 saturated heterocycles. The molecule has 0 amide bonds. The van der Waals surface area contributed by atoms with Gasteiger partial charge in [-0.25, -0.2) is 0 Å². The molecule has 3 heteroatoms. The molecule has 2 N–H and O–H groups in total. The molecule has 1 aromatic rings. The van der Waals surface area contributed by atoms with E-state index >= 15 is 0 Å². The summed E-state index contributed by atoms with van der Waals surface area (Å²) in [5, 5.41) is 0. The van der Waals surface area contributed by atoms with Crippen LogP contribution in [0.3, 0.4) is 0 Å². The van der Waals surface area contributed by atoms with E-state index in [1.807, 2.05) is 19.1 Å². The molecule has 0 spiro atoms. The largest absolute Gasteiger partial charge is 0.375 e. The summed E-state index contributed by atoms with van der Waals surface area (Å²) < 4.78 is 5.32. The topological polar surface area (TPSA) is 48.1 Å². The average molecular weight is 166 g/mol. The Morgan fingerprint density at radius 3 is 3.08 bits per heavy atom. The molecule has 0 bridgehead atoms. The number of pyridine rings is 1. The molecule has 0 aromatic carbocycles. The van der Waals surface area contributed by atoms with Crippen molar-refractivity contribution in [2.24, 2.45) is 5.73 Å². The Labute approximate surface area is 72.6 Å². The standard InChI is InChI=1S/C9H14N2O/c1-8(10)6-12-7-9-3-2-4-11-5-9/h2-5,8H,6-7,10H2,1H3. The van der Waals surface area contributed by atoms with Gasteiger partial charge in [0.25, 0.3) is 0 Å². The Kier molecular flexibility index (Phi) is 3.70. The lowest BCUT2D eigenvalue weighted by Gasteiger charge is -2.05. The maximum atomic E-state index is 5.52. The lowest BCUT2D eigenvalue weighted by Crippen LogP contribution is -2.21. The van der Waals surface area contributed by atoms with Crippen LogP contribution in [0.4, 0.5) is 0 Å². The third kappa shape index (κ3) is 3.46. The maximum absolute atomic E-state index is 5.52. The van der Waals surface area contributed by atoms with Crippen molar-refractivity contribution in [3.05, 3.63) is 30.1 Å². The van der Waals surface area contributed by atoms with E-state index in [1.165, 1.54) is 0 Å². The van der Waals surface area contributed by atoms with Crippen molar-refractivity contribution in [3.8, 4) is 0 Å². The van der Waals surface area contributed by atoms with Crippen molar-refractivity contribution in [1.29, 1.82) is 0 Å². The zero-order valence-electron chi connectivity index (χ0n) is 7.23. The van der Waals surface area contributed by atoms with Crippen LogP contribution in [0.25, 0.3) is 0 Å². The highest BCUT2D eigenvalue weighted by molar-refractivity contribution is 5.06. The predicted octanol–water partition coefficient (Wildman–Crippen LogP) is 0.945. The highest BCUT2D eigenvalue weighted by Gasteiger charge is 1.94. The van der Waals surface area contributed by atoms with Crippen molar-refractivity contribution in [2.75, 3.05) is 6.61 Å². The second-order valence-corrected chi connectivity index (χ2v) is 2.85. The fraction of sp³-hybridized carbons (Fsp3) is 0.444. The number of rotatable bonds is 4. The SMILES string of the molecule is CC(N)COCc1cccnc1. The van der Waals surface area contributed by atoms with Gasteiger partial charge in [-0.1, -0.05) is 6.07 Å². The van der Waals surface area contributed by atoms with E-state index in [4.69, 9.17) is 10.5 Å². The van der Waals surface area contributed by atoms with Crippen LogP contribution in [0.2, 0.25) is 0 Å². The van der Waals surface area contributed by atoms with Gasteiger partial charge >= 0.3 is 0 Å². The third-order valence-corrected chi connectivity index (χ3v) is 1.37. The Hall–Kier alpha value is -0.930. The van der Waals surface area contributed by atoms with E-state index in [9.17, 15) is 0 Å².